The molecule has 1 unspecified atom stereocenters. The Hall–Kier alpha value is -1.92. The van der Waals surface area contributed by atoms with Gasteiger partial charge in [0.25, 0.3) is 0 Å². The molecule has 0 saturated carbocycles. The zero-order chi connectivity index (χ0) is 13.1. The normalized spacial score (nSPS) is 20.2. The van der Waals surface area contributed by atoms with Gasteiger partial charge >= 0.3 is 5.97 Å². The molecule has 0 aromatic carbocycles. The van der Waals surface area contributed by atoms with Crippen LogP contribution in [0.1, 0.15) is 31.5 Å². The molecule has 1 fully saturated rings. The van der Waals surface area contributed by atoms with E-state index in [2.05, 4.69) is 10.1 Å². The Balaban J connectivity index is 2.02. The fraction of sp³-hybridized carbons (Fsp3) is 0.636. The van der Waals surface area contributed by atoms with Crippen molar-refractivity contribution in [3.05, 3.63) is 11.7 Å². The van der Waals surface area contributed by atoms with Gasteiger partial charge in [0.15, 0.2) is 5.82 Å². The van der Waals surface area contributed by atoms with Crippen molar-refractivity contribution >= 4 is 11.9 Å². The van der Waals surface area contributed by atoms with Crippen molar-refractivity contribution in [3.8, 4) is 0 Å². The van der Waals surface area contributed by atoms with Crippen molar-refractivity contribution in [2.24, 2.45) is 5.92 Å². The highest BCUT2D eigenvalue weighted by molar-refractivity contribution is 5.80. The number of hydrogen-bond donors (Lipinski definition) is 1. The van der Waals surface area contributed by atoms with Gasteiger partial charge in [0.05, 0.1) is 12.5 Å². The second-order valence-corrected chi connectivity index (χ2v) is 4.31. The number of aliphatic carboxylic acids is 1. The molecular formula is C11H15N3O4. The number of amides is 1. The molecule has 1 atom stereocenters. The summed E-state index contributed by atoms with van der Waals surface area (Å²) in [6.07, 6.45) is 1.30. The predicted octanol–water partition coefficient (Wildman–Crippen LogP) is 0.455. The lowest BCUT2D eigenvalue weighted by Crippen LogP contribution is -2.42. The van der Waals surface area contributed by atoms with Crippen molar-refractivity contribution in [3.63, 3.8) is 0 Å². The molecule has 1 N–H and O–H groups in total. The molecule has 2 rings (SSSR count). The van der Waals surface area contributed by atoms with Gasteiger partial charge in [-0.1, -0.05) is 12.1 Å². The maximum Gasteiger partial charge on any atom is 0.308 e. The Labute approximate surface area is 104 Å². The fourth-order valence-corrected chi connectivity index (χ4v) is 1.94. The smallest absolute Gasteiger partial charge is 0.308 e. The van der Waals surface area contributed by atoms with Crippen molar-refractivity contribution < 1.29 is 19.2 Å². The number of carboxylic acid groups (broad SMARTS) is 1. The van der Waals surface area contributed by atoms with Gasteiger partial charge in [-0.3, -0.25) is 9.59 Å². The standard InChI is InChI=1S/C11H15N3O4/c1-2-9-12-8(13-18-9)6-14-5-7(11(16)17)3-4-10(14)15/h7H,2-6H2,1H3,(H,16,17). The third kappa shape index (κ3) is 2.66. The molecule has 1 amide bonds. The van der Waals surface area contributed by atoms with Crippen LogP contribution < -0.4 is 0 Å². The first-order chi connectivity index (χ1) is 8.60. The summed E-state index contributed by atoms with van der Waals surface area (Å²) < 4.78 is 4.95. The summed E-state index contributed by atoms with van der Waals surface area (Å²) in [7, 11) is 0. The topological polar surface area (TPSA) is 96.5 Å². The van der Waals surface area contributed by atoms with E-state index in [-0.39, 0.29) is 25.4 Å². The van der Waals surface area contributed by atoms with Crippen molar-refractivity contribution in [1.29, 1.82) is 0 Å². The minimum atomic E-state index is -0.866. The molecule has 0 radical (unpaired) electrons. The molecule has 98 valence electrons. The Bertz CT molecular complexity index is 457. The number of likely N-dealkylation sites (tertiary alicyclic amines) is 1. The van der Waals surface area contributed by atoms with Gasteiger partial charge in [-0.05, 0) is 6.42 Å². The number of nitrogens with zero attached hydrogens (tertiary/aromatic N) is 3. The molecule has 1 aliphatic rings. The first-order valence-corrected chi connectivity index (χ1v) is 5.92. The first kappa shape index (κ1) is 12.5. The molecule has 18 heavy (non-hydrogen) atoms. The largest absolute Gasteiger partial charge is 0.481 e. The first-order valence-electron chi connectivity index (χ1n) is 5.92. The van der Waals surface area contributed by atoms with E-state index in [9.17, 15) is 9.59 Å². The monoisotopic (exact) mass is 253 g/mol. The average molecular weight is 253 g/mol. The molecule has 7 heteroatoms. The highest BCUT2D eigenvalue weighted by Crippen LogP contribution is 2.19. The van der Waals surface area contributed by atoms with Crippen LogP contribution in [0.3, 0.4) is 0 Å². The summed E-state index contributed by atoms with van der Waals surface area (Å²) in [5.41, 5.74) is 0. The molecule has 1 aromatic rings. The van der Waals surface area contributed by atoms with Crippen LogP contribution in [-0.2, 0) is 22.6 Å². The third-order valence-corrected chi connectivity index (χ3v) is 2.99. The summed E-state index contributed by atoms with van der Waals surface area (Å²) in [6.45, 7) is 2.32. The Kier molecular flexibility index (Phi) is 3.59. The Morgan fingerprint density at radius 2 is 2.39 bits per heavy atom. The van der Waals surface area contributed by atoms with Crippen molar-refractivity contribution in [2.45, 2.75) is 32.7 Å². The van der Waals surface area contributed by atoms with Gasteiger partial charge in [0, 0.05) is 19.4 Å². The van der Waals surface area contributed by atoms with Crippen LogP contribution in [0, 0.1) is 5.92 Å². The van der Waals surface area contributed by atoms with Gasteiger partial charge in [0.2, 0.25) is 11.8 Å². The number of rotatable bonds is 4. The molecule has 1 aromatic heterocycles. The highest BCUT2D eigenvalue weighted by atomic mass is 16.5. The lowest BCUT2D eigenvalue weighted by atomic mass is 9.98. The SMILES string of the molecule is CCc1nc(CN2CC(C(=O)O)CCC2=O)no1. The van der Waals surface area contributed by atoms with Gasteiger partial charge < -0.3 is 14.5 Å². The van der Waals surface area contributed by atoms with E-state index in [0.717, 1.165) is 0 Å². The van der Waals surface area contributed by atoms with E-state index in [4.69, 9.17) is 9.63 Å². The van der Waals surface area contributed by atoms with E-state index in [0.29, 0.717) is 24.6 Å². The van der Waals surface area contributed by atoms with Crippen LogP contribution in [0.5, 0.6) is 0 Å². The van der Waals surface area contributed by atoms with Gasteiger partial charge in [-0.15, -0.1) is 0 Å². The number of carbonyl (C=O) groups is 2. The van der Waals surface area contributed by atoms with Crippen LogP contribution in [0.15, 0.2) is 4.52 Å². The molecule has 1 aliphatic heterocycles. The van der Waals surface area contributed by atoms with Crippen LogP contribution >= 0.6 is 0 Å². The zero-order valence-electron chi connectivity index (χ0n) is 10.1. The Morgan fingerprint density at radius 1 is 1.61 bits per heavy atom. The quantitative estimate of drug-likeness (QED) is 0.837. The van der Waals surface area contributed by atoms with Gasteiger partial charge in [-0.2, -0.15) is 4.98 Å². The number of carbonyl (C=O) groups excluding carboxylic acids is 1. The van der Waals surface area contributed by atoms with E-state index in [1.54, 1.807) is 0 Å². The minimum Gasteiger partial charge on any atom is -0.481 e. The predicted molar refractivity (Wildman–Crippen MR) is 59.5 cm³/mol. The van der Waals surface area contributed by atoms with Gasteiger partial charge in [0.1, 0.15) is 0 Å². The summed E-state index contributed by atoms with van der Waals surface area (Å²) in [5.74, 6) is -0.485. The number of aromatic nitrogens is 2. The second kappa shape index (κ2) is 5.16. The van der Waals surface area contributed by atoms with Crippen LogP contribution in [0.2, 0.25) is 0 Å². The summed E-state index contributed by atoms with van der Waals surface area (Å²) in [5, 5.41) is 12.7. The molecular weight excluding hydrogens is 238 g/mol. The maximum absolute atomic E-state index is 11.7. The fourth-order valence-electron chi connectivity index (χ4n) is 1.94. The van der Waals surface area contributed by atoms with E-state index < -0.39 is 11.9 Å². The number of carboxylic acids is 1. The maximum atomic E-state index is 11.7. The molecule has 1 saturated heterocycles. The van der Waals surface area contributed by atoms with E-state index >= 15 is 0 Å². The highest BCUT2D eigenvalue weighted by Gasteiger charge is 2.30. The van der Waals surface area contributed by atoms with Crippen LogP contribution in [0.4, 0.5) is 0 Å². The number of piperidine rings is 1. The third-order valence-electron chi connectivity index (χ3n) is 2.99. The zero-order valence-corrected chi connectivity index (χ0v) is 10.1. The molecule has 0 spiro atoms. The summed E-state index contributed by atoms with van der Waals surface area (Å²) >= 11 is 0. The lowest BCUT2D eigenvalue weighted by Gasteiger charge is -2.29. The molecule has 0 aliphatic carbocycles. The summed E-state index contributed by atoms with van der Waals surface area (Å²) in [6, 6.07) is 0. The minimum absolute atomic E-state index is 0.0599. The second-order valence-electron chi connectivity index (χ2n) is 4.31. The number of aryl methyl sites for hydroxylation is 1. The van der Waals surface area contributed by atoms with Crippen LogP contribution in [0.25, 0.3) is 0 Å². The average Bonchev–Trinajstić information content (AvgIpc) is 2.79. The van der Waals surface area contributed by atoms with E-state index in [1.165, 1.54) is 4.90 Å². The van der Waals surface area contributed by atoms with Crippen LogP contribution in [-0.4, -0.2) is 38.6 Å². The Morgan fingerprint density at radius 3 is 3.00 bits per heavy atom. The summed E-state index contributed by atoms with van der Waals surface area (Å²) in [4.78, 5) is 28.2. The molecule has 2 heterocycles. The molecule has 0 bridgehead atoms. The number of hydrogen-bond acceptors (Lipinski definition) is 5. The lowest BCUT2D eigenvalue weighted by molar-refractivity contribution is -0.147. The van der Waals surface area contributed by atoms with Gasteiger partial charge in [-0.25, -0.2) is 0 Å². The molecule has 7 nitrogen and oxygen atoms in total. The van der Waals surface area contributed by atoms with Crippen molar-refractivity contribution in [2.75, 3.05) is 6.54 Å². The van der Waals surface area contributed by atoms with Crippen molar-refractivity contribution in [1.82, 2.24) is 15.0 Å². The van der Waals surface area contributed by atoms with E-state index in [1.807, 2.05) is 6.92 Å².